The smallest absolute Gasteiger partial charge is 0.130 e. The molecular formula is C23H40O. The molecule has 1 heteroatoms. The van der Waals surface area contributed by atoms with Gasteiger partial charge < -0.3 is 4.79 Å². The fourth-order valence-electron chi connectivity index (χ4n) is 2.71. The summed E-state index contributed by atoms with van der Waals surface area (Å²) >= 11 is 0. The van der Waals surface area contributed by atoms with Gasteiger partial charge in [0, 0.05) is 6.42 Å². The molecule has 0 aliphatic heterocycles. The number of rotatable bonds is 13. The summed E-state index contributed by atoms with van der Waals surface area (Å²) in [6.45, 7) is 13.0. The lowest BCUT2D eigenvalue weighted by Gasteiger charge is -2.05. The lowest BCUT2D eigenvalue weighted by molar-refractivity contribution is -0.116. The van der Waals surface area contributed by atoms with Gasteiger partial charge in [0.25, 0.3) is 0 Å². The molecule has 0 N–H and O–H groups in total. The van der Waals surface area contributed by atoms with Crippen LogP contribution in [0, 0.1) is 5.92 Å². The molecule has 0 amide bonds. The van der Waals surface area contributed by atoms with E-state index in [1.165, 1.54) is 43.3 Å². The molecule has 0 heterocycles. The molecular weight excluding hydrogens is 292 g/mol. The van der Waals surface area contributed by atoms with Gasteiger partial charge in [-0.05, 0) is 78.6 Å². The van der Waals surface area contributed by atoms with Crippen LogP contribution in [-0.2, 0) is 4.79 Å². The Labute approximate surface area is 151 Å². The van der Waals surface area contributed by atoms with E-state index in [9.17, 15) is 4.79 Å². The van der Waals surface area contributed by atoms with E-state index < -0.39 is 0 Å². The summed E-state index contributed by atoms with van der Waals surface area (Å²) in [5.41, 5.74) is 4.45. The van der Waals surface area contributed by atoms with E-state index >= 15 is 0 Å². The van der Waals surface area contributed by atoms with Gasteiger partial charge in [-0.25, -0.2) is 0 Å². The molecule has 0 aromatic rings. The monoisotopic (exact) mass is 332 g/mol. The third-order valence-electron chi connectivity index (χ3n) is 4.40. The topological polar surface area (TPSA) is 17.1 Å². The third-order valence-corrected chi connectivity index (χ3v) is 4.40. The van der Waals surface area contributed by atoms with Gasteiger partial charge in [0.2, 0.25) is 0 Å². The predicted molar refractivity (Wildman–Crippen MR) is 108 cm³/mol. The minimum absolute atomic E-state index is 0.280. The van der Waals surface area contributed by atoms with Crippen LogP contribution in [0.3, 0.4) is 0 Å². The van der Waals surface area contributed by atoms with Crippen LogP contribution in [0.5, 0.6) is 0 Å². The Hall–Kier alpha value is -1.11. The summed E-state index contributed by atoms with van der Waals surface area (Å²) in [5, 5.41) is 0. The standard InChI is InChI=1S/C23H40O/c1-19(2)11-7-12-20(3)13-8-14-21(4)15-9-16-22(5)17-10-18-23(6)24/h13,15,17,19H,7-12,14,16,18H2,1-6H3/b20-13+,21-15+,22-17-. The van der Waals surface area contributed by atoms with Crippen molar-refractivity contribution in [2.45, 2.75) is 99.3 Å². The molecule has 24 heavy (non-hydrogen) atoms. The highest BCUT2D eigenvalue weighted by molar-refractivity contribution is 5.75. The number of hydrogen-bond acceptors (Lipinski definition) is 1. The average Bonchev–Trinajstić information content (AvgIpc) is 2.46. The Morgan fingerprint density at radius 1 is 0.708 bits per heavy atom. The van der Waals surface area contributed by atoms with Gasteiger partial charge in [-0.1, -0.05) is 55.2 Å². The Balaban J connectivity index is 3.92. The van der Waals surface area contributed by atoms with Gasteiger partial charge in [-0.15, -0.1) is 0 Å². The summed E-state index contributed by atoms with van der Waals surface area (Å²) in [7, 11) is 0. The molecule has 0 rings (SSSR count). The molecule has 0 aliphatic rings. The second-order valence-corrected chi connectivity index (χ2v) is 7.76. The molecule has 1 nitrogen and oxygen atoms in total. The van der Waals surface area contributed by atoms with Crippen molar-refractivity contribution >= 4 is 5.78 Å². The first-order valence-electron chi connectivity index (χ1n) is 9.77. The predicted octanol–water partition coefficient (Wildman–Crippen LogP) is 7.58. The Kier molecular flexibility index (Phi) is 13.6. The highest BCUT2D eigenvalue weighted by Gasteiger charge is 1.96. The molecule has 0 radical (unpaired) electrons. The molecule has 0 saturated carbocycles. The lowest BCUT2D eigenvalue weighted by atomic mass is 10.0. The summed E-state index contributed by atoms with van der Waals surface area (Å²) in [4.78, 5) is 10.9. The molecule has 0 aromatic carbocycles. The van der Waals surface area contributed by atoms with Crippen LogP contribution in [-0.4, -0.2) is 5.78 Å². The van der Waals surface area contributed by atoms with E-state index in [1.54, 1.807) is 12.5 Å². The van der Waals surface area contributed by atoms with Gasteiger partial charge in [0.15, 0.2) is 0 Å². The highest BCUT2D eigenvalue weighted by atomic mass is 16.1. The van der Waals surface area contributed by atoms with Crippen molar-refractivity contribution in [1.82, 2.24) is 0 Å². The van der Waals surface area contributed by atoms with Crippen molar-refractivity contribution in [3.63, 3.8) is 0 Å². The fourth-order valence-corrected chi connectivity index (χ4v) is 2.71. The molecule has 138 valence electrons. The normalized spacial score (nSPS) is 13.7. The van der Waals surface area contributed by atoms with Crippen LogP contribution in [0.15, 0.2) is 34.9 Å². The zero-order valence-electron chi connectivity index (χ0n) is 17.1. The van der Waals surface area contributed by atoms with Crippen LogP contribution in [0.2, 0.25) is 0 Å². The first kappa shape index (κ1) is 22.9. The SMILES string of the molecule is CC(=O)CC/C=C(/C)CC/C=C(\C)CC/C=C(\C)CCCC(C)C. The van der Waals surface area contributed by atoms with Crippen LogP contribution < -0.4 is 0 Å². The number of hydrogen-bond donors (Lipinski definition) is 0. The van der Waals surface area contributed by atoms with Gasteiger partial charge >= 0.3 is 0 Å². The summed E-state index contributed by atoms with van der Waals surface area (Å²) < 4.78 is 0. The number of carbonyl (C=O) groups excluding carboxylic acids is 1. The average molecular weight is 333 g/mol. The van der Waals surface area contributed by atoms with Crippen LogP contribution in [0.4, 0.5) is 0 Å². The van der Waals surface area contributed by atoms with Crippen molar-refractivity contribution in [2.75, 3.05) is 0 Å². The zero-order valence-corrected chi connectivity index (χ0v) is 17.1. The second kappa shape index (κ2) is 14.3. The number of Topliss-reactive ketones (excluding diaryl/α,β-unsaturated/α-hetero) is 1. The zero-order chi connectivity index (χ0) is 18.4. The third kappa shape index (κ3) is 15.8. The minimum Gasteiger partial charge on any atom is -0.300 e. The first-order chi connectivity index (χ1) is 11.3. The maximum Gasteiger partial charge on any atom is 0.130 e. The van der Waals surface area contributed by atoms with Crippen LogP contribution in [0.25, 0.3) is 0 Å². The first-order valence-corrected chi connectivity index (χ1v) is 9.77. The Bertz CT molecular complexity index is 435. The molecule has 0 aromatic heterocycles. The Morgan fingerprint density at radius 3 is 1.54 bits per heavy atom. The van der Waals surface area contributed by atoms with Gasteiger partial charge in [-0.2, -0.15) is 0 Å². The van der Waals surface area contributed by atoms with Crippen molar-refractivity contribution in [3.8, 4) is 0 Å². The van der Waals surface area contributed by atoms with E-state index in [2.05, 4.69) is 52.8 Å². The molecule has 0 atom stereocenters. The van der Waals surface area contributed by atoms with Crippen molar-refractivity contribution in [1.29, 1.82) is 0 Å². The Morgan fingerprint density at radius 2 is 1.12 bits per heavy atom. The second-order valence-electron chi connectivity index (χ2n) is 7.76. The van der Waals surface area contributed by atoms with E-state index in [4.69, 9.17) is 0 Å². The van der Waals surface area contributed by atoms with E-state index in [0.29, 0.717) is 6.42 Å². The fraction of sp³-hybridized carbons (Fsp3) is 0.696. The molecule has 0 unspecified atom stereocenters. The number of carbonyl (C=O) groups is 1. The maximum atomic E-state index is 10.9. The van der Waals surface area contributed by atoms with Gasteiger partial charge in [-0.3, -0.25) is 0 Å². The summed E-state index contributed by atoms with van der Waals surface area (Å²) in [5.74, 6) is 1.10. The van der Waals surface area contributed by atoms with E-state index in [-0.39, 0.29) is 5.78 Å². The minimum atomic E-state index is 0.280. The number of ketones is 1. The quantitative estimate of drug-likeness (QED) is 0.318. The van der Waals surface area contributed by atoms with Gasteiger partial charge in [0.1, 0.15) is 5.78 Å². The van der Waals surface area contributed by atoms with Crippen molar-refractivity contribution in [3.05, 3.63) is 34.9 Å². The van der Waals surface area contributed by atoms with E-state index in [0.717, 1.165) is 25.2 Å². The largest absolute Gasteiger partial charge is 0.300 e. The number of allylic oxidation sites excluding steroid dienone is 6. The highest BCUT2D eigenvalue weighted by Crippen LogP contribution is 2.15. The lowest BCUT2D eigenvalue weighted by Crippen LogP contribution is -1.88. The molecule has 0 spiro atoms. The van der Waals surface area contributed by atoms with Crippen molar-refractivity contribution < 1.29 is 4.79 Å². The molecule has 0 aliphatic carbocycles. The molecule has 0 fully saturated rings. The molecule has 0 saturated heterocycles. The molecule has 0 bridgehead atoms. The summed E-state index contributed by atoms with van der Waals surface area (Å²) in [6, 6.07) is 0. The van der Waals surface area contributed by atoms with Crippen LogP contribution in [0.1, 0.15) is 99.3 Å². The van der Waals surface area contributed by atoms with Crippen LogP contribution >= 0.6 is 0 Å². The van der Waals surface area contributed by atoms with Crippen molar-refractivity contribution in [2.24, 2.45) is 5.92 Å². The van der Waals surface area contributed by atoms with E-state index in [1.807, 2.05) is 0 Å². The summed E-state index contributed by atoms with van der Waals surface area (Å²) in [6.07, 6.45) is 17.1. The van der Waals surface area contributed by atoms with Gasteiger partial charge in [0.05, 0.1) is 0 Å². The maximum absolute atomic E-state index is 10.9.